The van der Waals surface area contributed by atoms with Crippen molar-refractivity contribution < 1.29 is 14.7 Å². The average Bonchev–Trinajstić information content (AvgIpc) is 2.45. The van der Waals surface area contributed by atoms with E-state index in [-0.39, 0.29) is 11.5 Å². The maximum atomic E-state index is 12.1. The van der Waals surface area contributed by atoms with Crippen molar-refractivity contribution in [2.45, 2.75) is 25.7 Å². The fraction of sp³-hybridized carbons (Fsp3) is 0.375. The van der Waals surface area contributed by atoms with Crippen LogP contribution in [0, 0.1) is 0 Å². The van der Waals surface area contributed by atoms with Crippen LogP contribution >= 0.6 is 0 Å². The van der Waals surface area contributed by atoms with Gasteiger partial charge in [0.25, 0.3) is 0 Å². The second-order valence-electron chi connectivity index (χ2n) is 5.09. The normalized spacial score (nSPS) is 15.2. The molecule has 1 saturated heterocycles. The predicted octanol–water partition coefficient (Wildman–Crippen LogP) is 2.50. The highest BCUT2D eigenvalue weighted by molar-refractivity contribution is 5.89. The lowest BCUT2D eigenvalue weighted by Crippen LogP contribution is -2.36. The summed E-state index contributed by atoms with van der Waals surface area (Å²) in [6.07, 6.45) is 2.57. The highest BCUT2D eigenvalue weighted by Crippen LogP contribution is 2.16. The molecule has 4 nitrogen and oxygen atoms in total. The van der Waals surface area contributed by atoms with Crippen molar-refractivity contribution in [1.82, 2.24) is 4.90 Å². The van der Waals surface area contributed by atoms with Gasteiger partial charge in [0, 0.05) is 19.5 Å². The topological polar surface area (TPSA) is 57.6 Å². The van der Waals surface area contributed by atoms with Crippen molar-refractivity contribution >= 4 is 11.9 Å². The molecule has 0 saturated carbocycles. The molecule has 106 valence electrons. The number of aryl methyl sites for hydroxylation is 1. The number of hydrogen-bond donors (Lipinski definition) is 1. The van der Waals surface area contributed by atoms with E-state index in [1.807, 2.05) is 4.90 Å². The molecule has 1 aromatic carbocycles. The lowest BCUT2D eigenvalue weighted by Gasteiger charge is -2.28. The third-order valence-electron chi connectivity index (χ3n) is 3.68. The standard InChI is InChI=1S/C16H19NO3/c1-12-8-10-17(11-9-12)15(18)7-6-13-4-2-3-5-14(13)16(19)20/h2-5H,1,6-11H2,(H,19,20). The minimum Gasteiger partial charge on any atom is -0.478 e. The molecule has 2 rings (SSSR count). The number of benzene rings is 1. The van der Waals surface area contributed by atoms with Gasteiger partial charge in [-0.2, -0.15) is 0 Å². The summed E-state index contributed by atoms with van der Waals surface area (Å²) in [5.74, 6) is -0.847. The number of hydrogen-bond acceptors (Lipinski definition) is 2. The summed E-state index contributed by atoms with van der Waals surface area (Å²) in [5.41, 5.74) is 2.20. The van der Waals surface area contributed by atoms with Gasteiger partial charge in [-0.15, -0.1) is 0 Å². The van der Waals surface area contributed by atoms with E-state index in [1.54, 1.807) is 24.3 Å². The van der Waals surface area contributed by atoms with Gasteiger partial charge in [-0.1, -0.05) is 30.4 Å². The van der Waals surface area contributed by atoms with Crippen LogP contribution in [0.2, 0.25) is 0 Å². The second kappa shape index (κ2) is 6.37. The van der Waals surface area contributed by atoms with Crippen molar-refractivity contribution in [2.75, 3.05) is 13.1 Å². The van der Waals surface area contributed by atoms with Crippen molar-refractivity contribution in [3.8, 4) is 0 Å². The van der Waals surface area contributed by atoms with E-state index in [2.05, 4.69) is 6.58 Å². The monoisotopic (exact) mass is 273 g/mol. The Balaban J connectivity index is 1.93. The van der Waals surface area contributed by atoms with Gasteiger partial charge in [-0.3, -0.25) is 4.79 Å². The molecule has 0 bridgehead atoms. The molecule has 20 heavy (non-hydrogen) atoms. The first-order valence-electron chi connectivity index (χ1n) is 6.83. The number of carboxylic acid groups (broad SMARTS) is 1. The van der Waals surface area contributed by atoms with Crippen molar-refractivity contribution in [2.24, 2.45) is 0 Å². The van der Waals surface area contributed by atoms with Crippen LogP contribution in [0.25, 0.3) is 0 Å². The van der Waals surface area contributed by atoms with Gasteiger partial charge in [-0.25, -0.2) is 4.79 Å². The zero-order valence-electron chi connectivity index (χ0n) is 11.5. The third kappa shape index (κ3) is 3.47. The lowest BCUT2D eigenvalue weighted by molar-refractivity contribution is -0.131. The molecular weight excluding hydrogens is 254 g/mol. The van der Waals surface area contributed by atoms with Crippen LogP contribution in [0.5, 0.6) is 0 Å². The first-order valence-corrected chi connectivity index (χ1v) is 6.83. The molecule has 0 radical (unpaired) electrons. The number of nitrogens with zero attached hydrogens (tertiary/aromatic N) is 1. The molecule has 4 heteroatoms. The summed E-state index contributed by atoms with van der Waals surface area (Å²) in [5, 5.41) is 9.10. The average molecular weight is 273 g/mol. The van der Waals surface area contributed by atoms with Crippen molar-refractivity contribution in [3.05, 3.63) is 47.5 Å². The highest BCUT2D eigenvalue weighted by atomic mass is 16.4. The van der Waals surface area contributed by atoms with Gasteiger partial charge in [-0.05, 0) is 30.9 Å². The molecule has 1 aliphatic rings. The Labute approximate surface area is 118 Å². The largest absolute Gasteiger partial charge is 0.478 e. The molecule has 1 aromatic rings. The molecule has 0 aromatic heterocycles. The number of piperidine rings is 1. The third-order valence-corrected chi connectivity index (χ3v) is 3.68. The highest BCUT2D eigenvalue weighted by Gasteiger charge is 2.18. The van der Waals surface area contributed by atoms with Crippen LogP contribution in [0.4, 0.5) is 0 Å². The van der Waals surface area contributed by atoms with Crippen LogP contribution < -0.4 is 0 Å². The van der Waals surface area contributed by atoms with Gasteiger partial charge in [0.15, 0.2) is 0 Å². The maximum absolute atomic E-state index is 12.1. The Kier molecular flexibility index (Phi) is 4.56. The molecule has 1 aliphatic heterocycles. The number of rotatable bonds is 4. The van der Waals surface area contributed by atoms with E-state index in [0.29, 0.717) is 12.8 Å². The number of carboxylic acids is 1. The van der Waals surface area contributed by atoms with E-state index >= 15 is 0 Å². The Morgan fingerprint density at radius 2 is 1.85 bits per heavy atom. The molecule has 1 N–H and O–H groups in total. The van der Waals surface area contributed by atoms with E-state index in [1.165, 1.54) is 5.57 Å². The number of aromatic carboxylic acids is 1. The number of carbonyl (C=O) groups excluding carboxylic acids is 1. The summed E-state index contributed by atoms with van der Waals surface area (Å²) in [7, 11) is 0. The Morgan fingerprint density at radius 3 is 2.50 bits per heavy atom. The lowest BCUT2D eigenvalue weighted by atomic mass is 10.0. The molecule has 0 spiro atoms. The van der Waals surface area contributed by atoms with E-state index < -0.39 is 5.97 Å². The van der Waals surface area contributed by atoms with Gasteiger partial charge < -0.3 is 10.0 Å². The maximum Gasteiger partial charge on any atom is 0.335 e. The van der Waals surface area contributed by atoms with Gasteiger partial charge in [0.1, 0.15) is 0 Å². The van der Waals surface area contributed by atoms with Crippen LogP contribution in [0.3, 0.4) is 0 Å². The van der Waals surface area contributed by atoms with Crippen molar-refractivity contribution in [3.63, 3.8) is 0 Å². The second-order valence-corrected chi connectivity index (χ2v) is 5.09. The zero-order chi connectivity index (χ0) is 14.5. The molecule has 0 unspecified atom stereocenters. The minimum absolute atomic E-state index is 0.0951. The summed E-state index contributed by atoms with van der Waals surface area (Å²) in [4.78, 5) is 25.1. The SMILES string of the molecule is C=C1CCN(C(=O)CCc2ccccc2C(=O)O)CC1. The van der Waals surface area contributed by atoms with Crippen LogP contribution in [-0.4, -0.2) is 35.0 Å². The molecule has 1 fully saturated rings. The van der Waals surface area contributed by atoms with Crippen LogP contribution in [-0.2, 0) is 11.2 Å². The molecule has 1 heterocycles. The van der Waals surface area contributed by atoms with Gasteiger partial charge in [0.05, 0.1) is 5.56 Å². The number of amides is 1. The first-order chi connectivity index (χ1) is 9.58. The van der Waals surface area contributed by atoms with E-state index in [9.17, 15) is 9.59 Å². The number of likely N-dealkylation sites (tertiary alicyclic amines) is 1. The number of carbonyl (C=O) groups is 2. The predicted molar refractivity (Wildman–Crippen MR) is 76.7 cm³/mol. The molecular formula is C16H19NO3. The smallest absolute Gasteiger partial charge is 0.335 e. The van der Waals surface area contributed by atoms with Crippen molar-refractivity contribution in [1.29, 1.82) is 0 Å². The summed E-state index contributed by atoms with van der Waals surface area (Å²) >= 11 is 0. The molecule has 0 atom stereocenters. The quantitative estimate of drug-likeness (QED) is 0.857. The fourth-order valence-corrected chi connectivity index (χ4v) is 2.42. The van der Waals surface area contributed by atoms with E-state index in [4.69, 9.17) is 5.11 Å². The zero-order valence-corrected chi connectivity index (χ0v) is 11.5. The summed E-state index contributed by atoms with van der Waals surface area (Å²) < 4.78 is 0. The van der Waals surface area contributed by atoms with Gasteiger partial charge in [0.2, 0.25) is 5.91 Å². The van der Waals surface area contributed by atoms with Crippen LogP contribution in [0.15, 0.2) is 36.4 Å². The fourth-order valence-electron chi connectivity index (χ4n) is 2.42. The van der Waals surface area contributed by atoms with E-state index in [0.717, 1.165) is 31.5 Å². The molecule has 1 amide bonds. The Hall–Kier alpha value is -2.10. The Morgan fingerprint density at radius 1 is 1.20 bits per heavy atom. The minimum atomic E-state index is -0.942. The Bertz CT molecular complexity index is 526. The molecule has 0 aliphatic carbocycles. The van der Waals surface area contributed by atoms with Gasteiger partial charge >= 0.3 is 5.97 Å². The summed E-state index contributed by atoms with van der Waals surface area (Å²) in [6, 6.07) is 6.85. The summed E-state index contributed by atoms with van der Waals surface area (Å²) in [6.45, 7) is 5.40. The first kappa shape index (κ1) is 14.3. The van der Waals surface area contributed by atoms with Crippen LogP contribution in [0.1, 0.15) is 35.2 Å².